The van der Waals surface area contributed by atoms with Crippen molar-refractivity contribution in [1.82, 2.24) is 14.3 Å². The molecule has 38 heavy (non-hydrogen) atoms. The van der Waals surface area contributed by atoms with Crippen LogP contribution in [0.5, 0.6) is 0 Å². The maximum Gasteiger partial charge on any atom is 0.326 e. The molecule has 0 radical (unpaired) electrons. The normalized spacial score (nSPS) is 13.8. The molecule has 0 aliphatic heterocycles. The van der Waals surface area contributed by atoms with Crippen molar-refractivity contribution in [2.75, 3.05) is 19.7 Å². The Morgan fingerprint density at radius 2 is 1.76 bits per heavy atom. The Morgan fingerprint density at radius 3 is 2.32 bits per heavy atom. The zero-order valence-electron chi connectivity index (χ0n) is 23.1. The third-order valence-corrected chi connectivity index (χ3v) is 7.57. The fraction of sp³-hybridized carbons (Fsp3) is 0.654. The largest absolute Gasteiger partial charge is 0.465 e. The standard InChI is InChI=1S/C26H44N4O7S/c1-6-37-25(34)26(4,5)29-38(35,36)30(16-15-19(2)3)18-22(31)21(17-20-11-8-7-9-12-20)28-24(33)14-10-13-23(27)32/h7-9,11-12,19,21-22,29,31H,6,10,13-18H2,1-5H3,(H2,27,32)(H,28,33). The molecule has 0 saturated carbocycles. The molecule has 0 bridgehead atoms. The summed E-state index contributed by atoms with van der Waals surface area (Å²) in [6.45, 7) is 8.20. The molecule has 1 rings (SSSR count). The van der Waals surface area contributed by atoms with Crippen molar-refractivity contribution in [2.45, 2.75) is 84.4 Å². The molecule has 1 aromatic rings. The van der Waals surface area contributed by atoms with E-state index in [4.69, 9.17) is 10.5 Å². The Bertz CT molecular complexity index is 1000. The number of aliphatic hydroxyl groups excluding tert-OH is 1. The van der Waals surface area contributed by atoms with Crippen LogP contribution >= 0.6 is 0 Å². The molecule has 0 fully saturated rings. The fourth-order valence-electron chi connectivity index (χ4n) is 3.64. The van der Waals surface area contributed by atoms with Crippen LogP contribution in [0, 0.1) is 5.92 Å². The van der Waals surface area contributed by atoms with Crippen molar-refractivity contribution in [3.63, 3.8) is 0 Å². The topological polar surface area (TPSA) is 168 Å². The van der Waals surface area contributed by atoms with E-state index in [1.807, 2.05) is 44.2 Å². The van der Waals surface area contributed by atoms with Gasteiger partial charge in [0.1, 0.15) is 5.54 Å². The van der Waals surface area contributed by atoms with Crippen molar-refractivity contribution in [2.24, 2.45) is 11.7 Å². The van der Waals surface area contributed by atoms with Gasteiger partial charge in [-0.1, -0.05) is 44.2 Å². The molecule has 216 valence electrons. The van der Waals surface area contributed by atoms with Crippen molar-refractivity contribution in [3.8, 4) is 0 Å². The number of aliphatic hydroxyl groups is 1. The zero-order valence-corrected chi connectivity index (χ0v) is 23.9. The number of amides is 2. The molecule has 0 aromatic heterocycles. The van der Waals surface area contributed by atoms with Crippen LogP contribution in [-0.2, 0) is 35.8 Å². The number of hydrogen-bond acceptors (Lipinski definition) is 7. The molecule has 1 aromatic carbocycles. The number of esters is 1. The predicted molar refractivity (Wildman–Crippen MR) is 145 cm³/mol. The van der Waals surface area contributed by atoms with Crippen LogP contribution in [0.3, 0.4) is 0 Å². The lowest BCUT2D eigenvalue weighted by atomic mass is 10.0. The second-order valence-corrected chi connectivity index (χ2v) is 11.9. The van der Waals surface area contributed by atoms with Gasteiger partial charge in [0, 0.05) is 25.9 Å². The van der Waals surface area contributed by atoms with E-state index >= 15 is 0 Å². The SMILES string of the molecule is CCOC(=O)C(C)(C)NS(=O)(=O)N(CCC(C)C)CC(O)C(Cc1ccccc1)NC(=O)CCCC(N)=O. The third kappa shape index (κ3) is 12.3. The van der Waals surface area contributed by atoms with Gasteiger partial charge in [0.15, 0.2) is 0 Å². The Hall–Kier alpha value is -2.54. The van der Waals surface area contributed by atoms with Gasteiger partial charge in [-0.3, -0.25) is 14.4 Å². The van der Waals surface area contributed by atoms with Crippen molar-refractivity contribution in [3.05, 3.63) is 35.9 Å². The Labute approximate surface area is 226 Å². The lowest BCUT2D eigenvalue weighted by Gasteiger charge is -2.32. The van der Waals surface area contributed by atoms with Crippen LogP contribution in [0.25, 0.3) is 0 Å². The molecule has 5 N–H and O–H groups in total. The van der Waals surface area contributed by atoms with Gasteiger partial charge >= 0.3 is 5.97 Å². The van der Waals surface area contributed by atoms with Gasteiger partial charge in [0.05, 0.1) is 18.8 Å². The molecule has 0 heterocycles. The van der Waals surface area contributed by atoms with Crippen LogP contribution in [0.1, 0.15) is 65.9 Å². The number of nitrogens with zero attached hydrogens (tertiary/aromatic N) is 1. The van der Waals surface area contributed by atoms with Gasteiger partial charge in [-0.25, -0.2) is 0 Å². The van der Waals surface area contributed by atoms with Gasteiger partial charge in [-0.2, -0.15) is 17.4 Å². The number of rotatable bonds is 18. The second kappa shape index (κ2) is 15.8. The average Bonchev–Trinajstić information content (AvgIpc) is 2.80. The highest BCUT2D eigenvalue weighted by molar-refractivity contribution is 7.87. The summed E-state index contributed by atoms with van der Waals surface area (Å²) in [5.41, 5.74) is 4.45. The number of ether oxygens (including phenoxy) is 1. The number of primary amides is 1. The van der Waals surface area contributed by atoms with Gasteiger partial charge in [-0.05, 0) is 51.5 Å². The smallest absolute Gasteiger partial charge is 0.326 e. The summed E-state index contributed by atoms with van der Waals surface area (Å²) >= 11 is 0. The van der Waals surface area contributed by atoms with Gasteiger partial charge in [-0.15, -0.1) is 0 Å². The maximum absolute atomic E-state index is 13.4. The summed E-state index contributed by atoms with van der Waals surface area (Å²) in [7, 11) is -4.23. The number of benzene rings is 1. The summed E-state index contributed by atoms with van der Waals surface area (Å²) in [5.74, 6) is -1.45. The van der Waals surface area contributed by atoms with E-state index in [1.165, 1.54) is 13.8 Å². The second-order valence-electron chi connectivity index (χ2n) is 10.2. The fourth-order valence-corrected chi connectivity index (χ4v) is 5.19. The summed E-state index contributed by atoms with van der Waals surface area (Å²) < 4.78 is 35.2. The van der Waals surface area contributed by atoms with E-state index < -0.39 is 39.8 Å². The van der Waals surface area contributed by atoms with E-state index in [0.717, 1.165) is 9.87 Å². The monoisotopic (exact) mass is 556 g/mol. The van der Waals surface area contributed by atoms with Gasteiger partial charge < -0.3 is 20.9 Å². The summed E-state index contributed by atoms with van der Waals surface area (Å²) in [5, 5.41) is 14.0. The highest BCUT2D eigenvalue weighted by atomic mass is 32.2. The number of nitrogens with one attached hydrogen (secondary N) is 2. The molecular weight excluding hydrogens is 512 g/mol. The highest BCUT2D eigenvalue weighted by Crippen LogP contribution is 2.15. The molecule has 0 aliphatic carbocycles. The minimum Gasteiger partial charge on any atom is -0.465 e. The molecule has 0 spiro atoms. The molecule has 0 aliphatic rings. The first kappa shape index (κ1) is 33.5. The van der Waals surface area contributed by atoms with Crippen molar-refractivity contribution in [1.29, 1.82) is 0 Å². The van der Waals surface area contributed by atoms with E-state index in [0.29, 0.717) is 6.42 Å². The van der Waals surface area contributed by atoms with E-state index in [1.54, 1.807) is 6.92 Å². The Morgan fingerprint density at radius 1 is 1.13 bits per heavy atom. The van der Waals surface area contributed by atoms with Crippen LogP contribution in [0.2, 0.25) is 0 Å². The summed E-state index contributed by atoms with van der Waals surface area (Å²) in [6, 6.07) is 8.37. The molecule has 11 nitrogen and oxygen atoms in total. The first-order valence-corrected chi connectivity index (χ1v) is 14.4. The number of carbonyl (C=O) groups excluding carboxylic acids is 3. The number of carbonyl (C=O) groups is 3. The van der Waals surface area contributed by atoms with Gasteiger partial charge in [0.25, 0.3) is 10.2 Å². The van der Waals surface area contributed by atoms with Crippen molar-refractivity contribution < 1.29 is 32.6 Å². The van der Waals surface area contributed by atoms with Crippen LogP contribution < -0.4 is 15.8 Å². The third-order valence-electron chi connectivity index (χ3n) is 5.79. The zero-order chi connectivity index (χ0) is 28.9. The summed E-state index contributed by atoms with van der Waals surface area (Å²) in [6.07, 6.45) is -0.158. The van der Waals surface area contributed by atoms with Crippen LogP contribution in [0.4, 0.5) is 0 Å². The molecule has 2 unspecified atom stereocenters. The molecule has 2 atom stereocenters. The Kier molecular flexibility index (Phi) is 13.9. The molecule has 2 amide bonds. The maximum atomic E-state index is 13.4. The summed E-state index contributed by atoms with van der Waals surface area (Å²) in [4.78, 5) is 35.9. The quantitative estimate of drug-likeness (QED) is 0.197. The predicted octanol–water partition coefficient (Wildman–Crippen LogP) is 1.25. The Balaban J connectivity index is 3.16. The van der Waals surface area contributed by atoms with Crippen LogP contribution in [-0.4, -0.2) is 73.0 Å². The molecule has 0 saturated heterocycles. The highest BCUT2D eigenvalue weighted by Gasteiger charge is 2.38. The van der Waals surface area contributed by atoms with Gasteiger partial charge in [0.2, 0.25) is 11.8 Å². The first-order chi connectivity index (χ1) is 17.7. The van der Waals surface area contributed by atoms with E-state index in [2.05, 4.69) is 10.0 Å². The minimum absolute atomic E-state index is 0.0333. The minimum atomic E-state index is -4.23. The van der Waals surface area contributed by atoms with E-state index in [9.17, 15) is 27.9 Å². The number of hydrogen-bond donors (Lipinski definition) is 4. The lowest BCUT2D eigenvalue weighted by Crippen LogP contribution is -2.57. The molecule has 12 heteroatoms. The lowest BCUT2D eigenvalue weighted by molar-refractivity contribution is -0.149. The molecular formula is C26H44N4O7S. The van der Waals surface area contributed by atoms with Crippen molar-refractivity contribution >= 4 is 28.0 Å². The van der Waals surface area contributed by atoms with Crippen LogP contribution in [0.15, 0.2) is 30.3 Å². The van der Waals surface area contributed by atoms with E-state index in [-0.39, 0.29) is 57.2 Å². The number of nitrogens with two attached hydrogens (primary N) is 1. The first-order valence-electron chi connectivity index (χ1n) is 12.9. The average molecular weight is 557 g/mol.